The third-order valence-corrected chi connectivity index (χ3v) is 6.79. The van der Waals surface area contributed by atoms with Crippen molar-refractivity contribution in [3.05, 3.63) is 58.1 Å². The Bertz CT molecular complexity index is 934. The van der Waals surface area contributed by atoms with Gasteiger partial charge in [0.25, 0.3) is 10.0 Å². The highest BCUT2D eigenvalue weighted by molar-refractivity contribution is 9.11. The van der Waals surface area contributed by atoms with Crippen LogP contribution in [0.2, 0.25) is 0 Å². The summed E-state index contributed by atoms with van der Waals surface area (Å²) in [6, 6.07) is 12.5. The van der Waals surface area contributed by atoms with Gasteiger partial charge in [0.15, 0.2) is 0 Å². The second kappa shape index (κ2) is 7.10. The molecule has 0 aliphatic rings. The number of anilines is 1. The molecule has 2 heterocycles. The smallest absolute Gasteiger partial charge is 0.271 e. The van der Waals surface area contributed by atoms with Gasteiger partial charge in [0.05, 0.1) is 15.7 Å². The number of sulfonamides is 1. The normalized spacial score (nSPS) is 11.6. The minimum Gasteiger partial charge on any atom is -0.464 e. The van der Waals surface area contributed by atoms with Gasteiger partial charge >= 0.3 is 0 Å². The standard InChI is InChI=1S/C16H15BrN2O3S2/c1-18-10-11-4-5-12(14-3-2-8-22-14)13(9-11)19-24(20,21)16-7-6-15(17)23-16/h2-9,18-19H,10H2,1H3. The van der Waals surface area contributed by atoms with Gasteiger partial charge in [-0.15, -0.1) is 11.3 Å². The van der Waals surface area contributed by atoms with Crippen molar-refractivity contribution in [1.82, 2.24) is 5.32 Å². The van der Waals surface area contributed by atoms with Crippen LogP contribution in [0, 0.1) is 0 Å². The van der Waals surface area contributed by atoms with E-state index < -0.39 is 10.0 Å². The average molecular weight is 427 g/mol. The molecule has 0 unspecified atom stereocenters. The third kappa shape index (κ3) is 3.72. The predicted molar refractivity (Wildman–Crippen MR) is 99.7 cm³/mol. The number of hydrogen-bond acceptors (Lipinski definition) is 5. The van der Waals surface area contributed by atoms with Crippen LogP contribution in [0.4, 0.5) is 5.69 Å². The molecule has 0 atom stereocenters. The lowest BCUT2D eigenvalue weighted by Gasteiger charge is -2.12. The van der Waals surface area contributed by atoms with E-state index in [-0.39, 0.29) is 4.21 Å². The fourth-order valence-corrected chi connectivity index (χ4v) is 5.35. The van der Waals surface area contributed by atoms with E-state index in [1.165, 1.54) is 0 Å². The number of benzene rings is 1. The van der Waals surface area contributed by atoms with Crippen LogP contribution < -0.4 is 10.0 Å². The molecule has 3 rings (SSSR count). The van der Waals surface area contributed by atoms with Gasteiger partial charge in [-0.25, -0.2) is 8.42 Å². The molecule has 5 nitrogen and oxygen atoms in total. The Hall–Kier alpha value is -1.61. The summed E-state index contributed by atoms with van der Waals surface area (Å²) < 4.78 is 34.4. The molecule has 2 aromatic heterocycles. The Morgan fingerprint density at radius 2 is 2.04 bits per heavy atom. The first kappa shape index (κ1) is 17.2. The lowest BCUT2D eigenvalue weighted by atomic mass is 10.1. The number of furan rings is 1. The molecule has 2 N–H and O–H groups in total. The van der Waals surface area contributed by atoms with Crippen LogP contribution in [0.5, 0.6) is 0 Å². The van der Waals surface area contributed by atoms with Crippen LogP contribution >= 0.6 is 27.3 Å². The summed E-state index contributed by atoms with van der Waals surface area (Å²) in [5.74, 6) is 0.607. The van der Waals surface area contributed by atoms with E-state index in [0.29, 0.717) is 23.6 Å². The molecule has 1 aromatic carbocycles. The van der Waals surface area contributed by atoms with Crippen molar-refractivity contribution in [2.24, 2.45) is 0 Å². The lowest BCUT2D eigenvalue weighted by Crippen LogP contribution is -2.13. The van der Waals surface area contributed by atoms with Gasteiger partial charge in [0.1, 0.15) is 9.97 Å². The molecule has 126 valence electrons. The Labute approximate surface area is 152 Å². The predicted octanol–water partition coefficient (Wildman–Crippen LogP) is 4.29. The summed E-state index contributed by atoms with van der Waals surface area (Å²) in [5.41, 5.74) is 2.15. The summed E-state index contributed by atoms with van der Waals surface area (Å²) in [6.45, 7) is 0.637. The average Bonchev–Trinajstić information content (AvgIpc) is 3.19. The summed E-state index contributed by atoms with van der Waals surface area (Å²) in [6.07, 6.45) is 1.56. The van der Waals surface area contributed by atoms with E-state index in [9.17, 15) is 8.42 Å². The monoisotopic (exact) mass is 426 g/mol. The molecule has 0 aliphatic heterocycles. The number of thiophene rings is 1. The van der Waals surface area contributed by atoms with Crippen molar-refractivity contribution in [3.8, 4) is 11.3 Å². The lowest BCUT2D eigenvalue weighted by molar-refractivity contribution is 0.582. The first-order chi connectivity index (χ1) is 11.5. The van der Waals surface area contributed by atoms with E-state index in [1.54, 1.807) is 30.5 Å². The summed E-state index contributed by atoms with van der Waals surface area (Å²) in [4.78, 5) is 0. The Morgan fingerprint density at radius 3 is 2.67 bits per heavy atom. The third-order valence-electron chi connectivity index (χ3n) is 3.31. The highest BCUT2D eigenvalue weighted by Gasteiger charge is 2.19. The van der Waals surface area contributed by atoms with Crippen LogP contribution in [0.15, 0.2) is 61.1 Å². The molecule has 0 fully saturated rings. The van der Waals surface area contributed by atoms with Gasteiger partial charge in [-0.2, -0.15) is 0 Å². The van der Waals surface area contributed by atoms with Crippen LogP contribution in [0.3, 0.4) is 0 Å². The fraction of sp³-hybridized carbons (Fsp3) is 0.125. The van der Waals surface area contributed by atoms with Crippen molar-refractivity contribution in [3.63, 3.8) is 0 Å². The molecule has 0 saturated carbocycles. The Morgan fingerprint density at radius 1 is 1.21 bits per heavy atom. The van der Waals surface area contributed by atoms with Gasteiger partial charge in [0.2, 0.25) is 0 Å². The SMILES string of the molecule is CNCc1ccc(-c2ccco2)c(NS(=O)(=O)c2ccc(Br)s2)c1. The van der Waals surface area contributed by atoms with Crippen LogP contribution in [0.25, 0.3) is 11.3 Å². The number of halogens is 1. The molecule has 0 spiro atoms. The molecule has 0 bridgehead atoms. The zero-order chi connectivity index (χ0) is 17.2. The minimum absolute atomic E-state index is 0.249. The quantitative estimate of drug-likeness (QED) is 0.616. The maximum atomic E-state index is 12.6. The molecule has 0 amide bonds. The van der Waals surface area contributed by atoms with Gasteiger partial charge in [-0.1, -0.05) is 6.07 Å². The largest absolute Gasteiger partial charge is 0.464 e. The molecular formula is C16H15BrN2O3S2. The maximum Gasteiger partial charge on any atom is 0.271 e. The first-order valence-electron chi connectivity index (χ1n) is 7.09. The van der Waals surface area contributed by atoms with E-state index in [1.807, 2.05) is 25.2 Å². The van der Waals surface area contributed by atoms with Gasteiger partial charge < -0.3 is 9.73 Å². The van der Waals surface area contributed by atoms with E-state index in [0.717, 1.165) is 20.7 Å². The molecule has 8 heteroatoms. The number of hydrogen-bond donors (Lipinski definition) is 2. The van der Waals surface area contributed by atoms with E-state index in [2.05, 4.69) is 26.0 Å². The van der Waals surface area contributed by atoms with Crippen LogP contribution in [-0.4, -0.2) is 15.5 Å². The van der Waals surface area contributed by atoms with Crippen molar-refractivity contribution >= 4 is 43.0 Å². The second-order valence-corrected chi connectivity index (χ2v) is 9.42. The summed E-state index contributed by atoms with van der Waals surface area (Å²) in [5, 5.41) is 3.06. The molecular weight excluding hydrogens is 412 g/mol. The number of rotatable bonds is 6. The molecule has 0 saturated heterocycles. The summed E-state index contributed by atoms with van der Waals surface area (Å²) in [7, 11) is -1.82. The van der Waals surface area contributed by atoms with Gasteiger partial charge in [-0.3, -0.25) is 4.72 Å². The summed E-state index contributed by atoms with van der Waals surface area (Å²) >= 11 is 4.45. The van der Waals surface area contributed by atoms with Gasteiger partial charge in [0, 0.05) is 12.1 Å². The Balaban J connectivity index is 2.03. The second-order valence-electron chi connectivity index (χ2n) is 5.05. The first-order valence-corrected chi connectivity index (χ1v) is 10.2. The number of nitrogens with one attached hydrogen (secondary N) is 2. The highest BCUT2D eigenvalue weighted by Crippen LogP contribution is 2.33. The van der Waals surface area contributed by atoms with Gasteiger partial charge in [-0.05, 0) is 64.9 Å². The fourth-order valence-electron chi connectivity index (χ4n) is 2.27. The molecule has 3 aromatic rings. The topological polar surface area (TPSA) is 71.3 Å². The molecule has 0 radical (unpaired) electrons. The highest BCUT2D eigenvalue weighted by atomic mass is 79.9. The Kier molecular flexibility index (Phi) is 5.09. The van der Waals surface area contributed by atoms with E-state index >= 15 is 0 Å². The maximum absolute atomic E-state index is 12.6. The van der Waals surface area contributed by atoms with Crippen LogP contribution in [-0.2, 0) is 16.6 Å². The van der Waals surface area contributed by atoms with Crippen molar-refractivity contribution < 1.29 is 12.8 Å². The van der Waals surface area contributed by atoms with Crippen LogP contribution in [0.1, 0.15) is 5.56 Å². The van der Waals surface area contributed by atoms with E-state index in [4.69, 9.17) is 4.42 Å². The minimum atomic E-state index is -3.66. The van der Waals surface area contributed by atoms with Crippen molar-refractivity contribution in [2.75, 3.05) is 11.8 Å². The van der Waals surface area contributed by atoms with Crippen molar-refractivity contribution in [1.29, 1.82) is 0 Å². The zero-order valence-corrected chi connectivity index (χ0v) is 16.0. The molecule has 0 aliphatic carbocycles. The zero-order valence-electron chi connectivity index (χ0n) is 12.7. The molecule has 24 heavy (non-hydrogen) atoms. The van der Waals surface area contributed by atoms with Crippen molar-refractivity contribution in [2.45, 2.75) is 10.8 Å².